The highest BCUT2D eigenvalue weighted by molar-refractivity contribution is 6.28. The molecule has 2 atom stereocenters. The molecule has 0 aliphatic heterocycles. The van der Waals surface area contributed by atoms with Crippen molar-refractivity contribution in [3.63, 3.8) is 0 Å². The molecule has 4 nitrogen and oxygen atoms in total. The van der Waals surface area contributed by atoms with Gasteiger partial charge < -0.3 is 10.4 Å². The summed E-state index contributed by atoms with van der Waals surface area (Å²) in [7, 11) is 0. The molecule has 0 radical (unpaired) electrons. The summed E-state index contributed by atoms with van der Waals surface area (Å²) in [5.74, 6) is 0.284. The smallest absolute Gasteiger partial charge is 0.393 e. The van der Waals surface area contributed by atoms with Crippen molar-refractivity contribution in [1.29, 1.82) is 0 Å². The lowest BCUT2D eigenvalue weighted by Crippen LogP contribution is -2.15. The van der Waals surface area contributed by atoms with E-state index in [1.807, 2.05) is 0 Å². The zero-order valence-corrected chi connectivity index (χ0v) is 10.7. The molecule has 8 heteroatoms. The molecule has 1 saturated carbocycles. The van der Waals surface area contributed by atoms with E-state index in [0.29, 0.717) is 13.0 Å². The topological polar surface area (TPSA) is 58.0 Å². The Morgan fingerprint density at radius 2 is 2.11 bits per heavy atom. The molecule has 2 unspecified atom stereocenters. The third-order valence-electron chi connectivity index (χ3n) is 3.07. The number of anilines is 1. The first-order valence-electron chi connectivity index (χ1n) is 5.88. The Bertz CT molecular complexity index is 455. The Balaban J connectivity index is 2.02. The fourth-order valence-electron chi connectivity index (χ4n) is 2.14. The third kappa shape index (κ3) is 3.94. The van der Waals surface area contributed by atoms with Crippen LogP contribution in [0.4, 0.5) is 19.0 Å². The van der Waals surface area contributed by atoms with Gasteiger partial charge in [-0.1, -0.05) is 0 Å². The molecule has 2 rings (SSSR count). The normalized spacial score (nSPS) is 23.6. The van der Waals surface area contributed by atoms with E-state index in [1.54, 1.807) is 0 Å². The van der Waals surface area contributed by atoms with Crippen molar-refractivity contribution >= 4 is 17.4 Å². The van der Waals surface area contributed by atoms with Gasteiger partial charge in [0.2, 0.25) is 5.28 Å². The summed E-state index contributed by atoms with van der Waals surface area (Å²) in [6, 6.07) is 0.831. The molecule has 0 bridgehead atoms. The standard InChI is InChI=1S/C11H13ClF3N3O/c12-10-17-8(11(13,14)15)4-9(18-10)16-5-6-1-2-7(19)3-6/h4,6-7,19H,1-3,5H2,(H,16,17,18). The maximum atomic E-state index is 12.5. The highest BCUT2D eigenvalue weighted by Gasteiger charge is 2.33. The van der Waals surface area contributed by atoms with Gasteiger partial charge in [-0.2, -0.15) is 13.2 Å². The van der Waals surface area contributed by atoms with Gasteiger partial charge in [-0.15, -0.1) is 0 Å². The molecule has 0 spiro atoms. The van der Waals surface area contributed by atoms with E-state index in [0.717, 1.165) is 18.9 Å². The molecule has 0 amide bonds. The molecule has 0 saturated heterocycles. The van der Waals surface area contributed by atoms with E-state index < -0.39 is 17.2 Å². The van der Waals surface area contributed by atoms with Crippen LogP contribution in [-0.4, -0.2) is 27.7 Å². The van der Waals surface area contributed by atoms with Gasteiger partial charge in [0.15, 0.2) is 5.69 Å². The summed E-state index contributed by atoms with van der Waals surface area (Å²) in [5.41, 5.74) is -1.07. The highest BCUT2D eigenvalue weighted by Crippen LogP contribution is 2.30. The Labute approximate surface area is 113 Å². The highest BCUT2D eigenvalue weighted by atomic mass is 35.5. The SMILES string of the molecule is OC1CCC(CNc2cc(C(F)(F)F)nc(Cl)n2)C1. The van der Waals surface area contributed by atoms with Gasteiger partial charge in [0.1, 0.15) is 5.82 Å². The second-order valence-electron chi connectivity index (χ2n) is 4.62. The predicted octanol–water partition coefficient (Wildman–Crippen LogP) is 2.72. The molecule has 2 N–H and O–H groups in total. The molecule has 1 fully saturated rings. The van der Waals surface area contributed by atoms with Gasteiger partial charge in [0.25, 0.3) is 0 Å². The van der Waals surface area contributed by atoms with Gasteiger partial charge in [-0.25, -0.2) is 9.97 Å². The van der Waals surface area contributed by atoms with Crippen molar-refractivity contribution in [2.45, 2.75) is 31.5 Å². The van der Waals surface area contributed by atoms with Crippen LogP contribution in [0.5, 0.6) is 0 Å². The summed E-state index contributed by atoms with van der Waals surface area (Å²) in [6.45, 7) is 0.460. The Kier molecular flexibility index (Phi) is 4.15. The molecule has 106 valence electrons. The minimum absolute atomic E-state index is 0.0497. The van der Waals surface area contributed by atoms with Crippen LogP contribution in [0.25, 0.3) is 0 Å². The minimum Gasteiger partial charge on any atom is -0.393 e. The minimum atomic E-state index is -4.55. The van der Waals surface area contributed by atoms with Crippen LogP contribution in [-0.2, 0) is 6.18 Å². The van der Waals surface area contributed by atoms with Crippen LogP contribution in [0.2, 0.25) is 5.28 Å². The van der Waals surface area contributed by atoms with Gasteiger partial charge in [-0.3, -0.25) is 0 Å². The Hall–Kier alpha value is -1.08. The molecule has 0 aromatic carbocycles. The van der Waals surface area contributed by atoms with Crippen molar-refractivity contribution < 1.29 is 18.3 Å². The van der Waals surface area contributed by atoms with Gasteiger partial charge in [0, 0.05) is 12.6 Å². The van der Waals surface area contributed by atoms with E-state index in [2.05, 4.69) is 15.3 Å². The van der Waals surface area contributed by atoms with E-state index in [1.165, 1.54) is 0 Å². The quantitative estimate of drug-likeness (QED) is 0.842. The van der Waals surface area contributed by atoms with Crippen molar-refractivity contribution in [3.8, 4) is 0 Å². The van der Waals surface area contributed by atoms with Gasteiger partial charge >= 0.3 is 6.18 Å². The number of halogens is 4. The fraction of sp³-hybridized carbons (Fsp3) is 0.636. The molecule has 19 heavy (non-hydrogen) atoms. The lowest BCUT2D eigenvalue weighted by Gasteiger charge is -2.13. The number of alkyl halides is 3. The summed E-state index contributed by atoms with van der Waals surface area (Å²) < 4.78 is 37.6. The van der Waals surface area contributed by atoms with E-state index in [-0.39, 0.29) is 17.8 Å². The first-order chi connectivity index (χ1) is 8.84. The second-order valence-corrected chi connectivity index (χ2v) is 4.96. The molecule has 1 aliphatic rings. The number of aromatic nitrogens is 2. The summed E-state index contributed by atoms with van der Waals surface area (Å²) >= 11 is 5.47. The van der Waals surface area contributed by atoms with E-state index in [9.17, 15) is 18.3 Å². The Morgan fingerprint density at radius 1 is 1.37 bits per heavy atom. The van der Waals surface area contributed by atoms with E-state index in [4.69, 9.17) is 11.6 Å². The average molecular weight is 296 g/mol. The molecular weight excluding hydrogens is 283 g/mol. The van der Waals surface area contributed by atoms with E-state index >= 15 is 0 Å². The maximum absolute atomic E-state index is 12.5. The monoisotopic (exact) mass is 295 g/mol. The maximum Gasteiger partial charge on any atom is 0.433 e. The lowest BCUT2D eigenvalue weighted by atomic mass is 10.1. The van der Waals surface area contributed by atoms with Crippen molar-refractivity contribution in [2.24, 2.45) is 5.92 Å². The molecule has 1 aliphatic carbocycles. The van der Waals surface area contributed by atoms with Crippen LogP contribution in [0.15, 0.2) is 6.07 Å². The van der Waals surface area contributed by atoms with Crippen LogP contribution in [0, 0.1) is 5.92 Å². The van der Waals surface area contributed by atoms with Crippen molar-refractivity contribution in [3.05, 3.63) is 17.0 Å². The molecule has 1 aromatic heterocycles. The first kappa shape index (κ1) is 14.3. The number of hydrogen-bond acceptors (Lipinski definition) is 4. The fourth-order valence-corrected chi connectivity index (χ4v) is 2.32. The summed E-state index contributed by atoms with van der Waals surface area (Å²) in [4.78, 5) is 6.85. The summed E-state index contributed by atoms with van der Waals surface area (Å²) in [6.07, 6.45) is -2.64. The molecular formula is C11H13ClF3N3O. The first-order valence-corrected chi connectivity index (χ1v) is 6.26. The number of nitrogens with one attached hydrogen (secondary N) is 1. The summed E-state index contributed by atoms with van der Waals surface area (Å²) in [5, 5.41) is 11.7. The molecule has 1 aromatic rings. The number of aliphatic hydroxyl groups excluding tert-OH is 1. The average Bonchev–Trinajstić information content (AvgIpc) is 2.71. The van der Waals surface area contributed by atoms with Gasteiger partial charge in [0.05, 0.1) is 6.10 Å². The Morgan fingerprint density at radius 3 is 2.68 bits per heavy atom. The second kappa shape index (κ2) is 5.50. The number of hydrogen-bond donors (Lipinski definition) is 2. The van der Waals surface area contributed by atoms with Crippen LogP contribution in [0.3, 0.4) is 0 Å². The zero-order valence-electron chi connectivity index (χ0n) is 9.91. The van der Waals surface area contributed by atoms with Crippen molar-refractivity contribution in [2.75, 3.05) is 11.9 Å². The predicted molar refractivity (Wildman–Crippen MR) is 63.9 cm³/mol. The third-order valence-corrected chi connectivity index (χ3v) is 3.24. The molecule has 1 heterocycles. The largest absolute Gasteiger partial charge is 0.433 e. The van der Waals surface area contributed by atoms with Crippen LogP contribution < -0.4 is 5.32 Å². The van der Waals surface area contributed by atoms with Gasteiger partial charge in [-0.05, 0) is 36.8 Å². The zero-order chi connectivity index (χ0) is 14.0. The lowest BCUT2D eigenvalue weighted by molar-refractivity contribution is -0.141. The number of rotatable bonds is 3. The van der Waals surface area contributed by atoms with Crippen molar-refractivity contribution in [1.82, 2.24) is 9.97 Å². The number of nitrogens with zero attached hydrogens (tertiary/aromatic N) is 2. The number of aliphatic hydroxyl groups is 1. The van der Waals surface area contributed by atoms with Crippen LogP contribution in [0.1, 0.15) is 25.0 Å². The van der Waals surface area contributed by atoms with Crippen LogP contribution >= 0.6 is 11.6 Å².